The zero-order chi connectivity index (χ0) is 14.8. The molecule has 0 aliphatic carbocycles. The normalized spacial score (nSPS) is 12.5. The zero-order valence-electron chi connectivity index (χ0n) is 11.4. The standard InChI is InChI=1S/C16H14N2O3/c1-21-16(20)11-7-8-12-13(9-11)17-14(15(19)18-12)10-5-3-2-4-6-10/h2-9,16,20H,1H3,(H,18,19). The molecule has 0 saturated carbocycles. The van der Waals surface area contributed by atoms with Crippen LogP contribution in [-0.2, 0) is 4.74 Å². The van der Waals surface area contributed by atoms with Crippen molar-refractivity contribution in [1.82, 2.24) is 9.97 Å². The number of aromatic amines is 1. The van der Waals surface area contributed by atoms with E-state index in [4.69, 9.17) is 4.74 Å². The van der Waals surface area contributed by atoms with Gasteiger partial charge in [0.2, 0.25) is 0 Å². The van der Waals surface area contributed by atoms with Crippen LogP contribution in [0.4, 0.5) is 0 Å². The van der Waals surface area contributed by atoms with Crippen LogP contribution in [0.25, 0.3) is 22.3 Å². The summed E-state index contributed by atoms with van der Waals surface area (Å²) >= 11 is 0. The minimum Gasteiger partial charge on any atom is -0.364 e. The SMILES string of the molecule is COC(O)c1ccc2[nH]c(=O)c(-c3ccccc3)nc2c1. The van der Waals surface area contributed by atoms with Crippen LogP contribution in [0.1, 0.15) is 11.9 Å². The van der Waals surface area contributed by atoms with Crippen LogP contribution in [0.15, 0.2) is 53.3 Å². The highest BCUT2D eigenvalue weighted by Crippen LogP contribution is 2.20. The molecule has 0 amide bonds. The Hall–Kier alpha value is -2.50. The number of aliphatic hydroxyl groups excluding tert-OH is 1. The molecule has 5 nitrogen and oxygen atoms in total. The molecular weight excluding hydrogens is 268 g/mol. The van der Waals surface area contributed by atoms with Crippen molar-refractivity contribution >= 4 is 11.0 Å². The number of methoxy groups -OCH3 is 1. The highest BCUT2D eigenvalue weighted by atomic mass is 16.6. The monoisotopic (exact) mass is 282 g/mol. The van der Waals surface area contributed by atoms with Gasteiger partial charge in [0, 0.05) is 18.2 Å². The Morgan fingerprint density at radius 3 is 2.67 bits per heavy atom. The third-order valence-electron chi connectivity index (χ3n) is 3.27. The fraction of sp³-hybridized carbons (Fsp3) is 0.125. The molecule has 2 aromatic carbocycles. The van der Waals surface area contributed by atoms with E-state index in [9.17, 15) is 9.90 Å². The molecule has 0 aliphatic rings. The van der Waals surface area contributed by atoms with Crippen molar-refractivity contribution in [1.29, 1.82) is 0 Å². The third kappa shape index (κ3) is 2.56. The summed E-state index contributed by atoms with van der Waals surface area (Å²) in [5, 5.41) is 9.71. The molecule has 1 atom stereocenters. The molecular formula is C16H14N2O3. The van der Waals surface area contributed by atoms with E-state index in [2.05, 4.69) is 9.97 Å². The van der Waals surface area contributed by atoms with Crippen molar-refractivity contribution in [2.75, 3.05) is 7.11 Å². The molecule has 5 heteroatoms. The Labute approximate surface area is 120 Å². The van der Waals surface area contributed by atoms with Gasteiger partial charge in [-0.25, -0.2) is 4.98 Å². The van der Waals surface area contributed by atoms with Crippen LogP contribution < -0.4 is 5.56 Å². The van der Waals surface area contributed by atoms with Crippen LogP contribution >= 0.6 is 0 Å². The van der Waals surface area contributed by atoms with E-state index < -0.39 is 6.29 Å². The summed E-state index contributed by atoms with van der Waals surface area (Å²) in [6, 6.07) is 14.3. The maximum absolute atomic E-state index is 12.1. The van der Waals surface area contributed by atoms with Gasteiger partial charge in [-0.05, 0) is 12.1 Å². The van der Waals surface area contributed by atoms with Crippen molar-refractivity contribution in [3.63, 3.8) is 0 Å². The average molecular weight is 282 g/mol. The molecule has 0 saturated heterocycles. The summed E-state index contributed by atoms with van der Waals surface area (Å²) in [4.78, 5) is 19.3. The summed E-state index contributed by atoms with van der Waals surface area (Å²) in [5.74, 6) is 0. The van der Waals surface area contributed by atoms with Gasteiger partial charge < -0.3 is 14.8 Å². The summed E-state index contributed by atoms with van der Waals surface area (Å²) in [6.07, 6.45) is -1.01. The van der Waals surface area contributed by atoms with Crippen LogP contribution in [0.3, 0.4) is 0 Å². The number of hydrogen-bond donors (Lipinski definition) is 2. The minimum atomic E-state index is -1.01. The van der Waals surface area contributed by atoms with Crippen molar-refractivity contribution in [2.45, 2.75) is 6.29 Å². The van der Waals surface area contributed by atoms with E-state index in [1.54, 1.807) is 18.2 Å². The molecule has 1 aromatic heterocycles. The molecule has 0 bridgehead atoms. The molecule has 0 spiro atoms. The second kappa shape index (κ2) is 5.47. The second-order valence-corrected chi connectivity index (χ2v) is 4.65. The summed E-state index contributed by atoms with van der Waals surface area (Å²) in [5.41, 5.74) is 2.66. The first-order valence-corrected chi connectivity index (χ1v) is 6.49. The number of hydrogen-bond acceptors (Lipinski definition) is 4. The largest absolute Gasteiger partial charge is 0.364 e. The molecule has 106 valence electrons. The van der Waals surface area contributed by atoms with Gasteiger partial charge >= 0.3 is 0 Å². The van der Waals surface area contributed by atoms with Crippen LogP contribution in [-0.4, -0.2) is 22.2 Å². The highest BCUT2D eigenvalue weighted by molar-refractivity contribution is 5.77. The van der Waals surface area contributed by atoms with Gasteiger partial charge in [-0.3, -0.25) is 4.79 Å². The number of nitrogens with one attached hydrogen (secondary N) is 1. The Morgan fingerprint density at radius 2 is 1.95 bits per heavy atom. The van der Waals surface area contributed by atoms with Crippen LogP contribution in [0, 0.1) is 0 Å². The van der Waals surface area contributed by atoms with Crippen molar-refractivity contribution in [2.24, 2.45) is 0 Å². The molecule has 0 fully saturated rings. The molecule has 0 aliphatic heterocycles. The lowest BCUT2D eigenvalue weighted by Gasteiger charge is -2.09. The zero-order valence-corrected chi connectivity index (χ0v) is 11.4. The van der Waals surface area contributed by atoms with Gasteiger partial charge in [0.05, 0.1) is 11.0 Å². The average Bonchev–Trinajstić information content (AvgIpc) is 2.54. The van der Waals surface area contributed by atoms with E-state index >= 15 is 0 Å². The van der Waals surface area contributed by atoms with E-state index in [1.807, 2.05) is 30.3 Å². The smallest absolute Gasteiger partial charge is 0.274 e. The third-order valence-corrected chi connectivity index (χ3v) is 3.27. The molecule has 1 unspecified atom stereocenters. The molecule has 0 radical (unpaired) electrons. The Balaban J connectivity index is 2.19. The number of benzene rings is 2. The summed E-state index contributed by atoms with van der Waals surface area (Å²) < 4.78 is 4.88. The van der Waals surface area contributed by atoms with Crippen LogP contribution in [0.5, 0.6) is 0 Å². The predicted molar refractivity (Wildman–Crippen MR) is 79.8 cm³/mol. The van der Waals surface area contributed by atoms with E-state index in [0.29, 0.717) is 22.3 Å². The van der Waals surface area contributed by atoms with Gasteiger partial charge in [0.15, 0.2) is 6.29 Å². The quantitative estimate of drug-likeness (QED) is 0.722. The Bertz CT molecular complexity index is 828. The fourth-order valence-electron chi connectivity index (χ4n) is 2.18. The topological polar surface area (TPSA) is 75.2 Å². The lowest BCUT2D eigenvalue weighted by molar-refractivity contribution is -0.0768. The molecule has 1 heterocycles. The predicted octanol–water partition coefficient (Wildman–Crippen LogP) is 2.23. The number of rotatable bonds is 3. The van der Waals surface area contributed by atoms with Crippen molar-refractivity contribution in [3.05, 3.63) is 64.4 Å². The first-order chi connectivity index (χ1) is 10.2. The number of aliphatic hydroxyl groups is 1. The molecule has 3 rings (SSSR count). The lowest BCUT2D eigenvalue weighted by Crippen LogP contribution is -2.11. The molecule has 21 heavy (non-hydrogen) atoms. The second-order valence-electron chi connectivity index (χ2n) is 4.65. The van der Waals surface area contributed by atoms with E-state index in [0.717, 1.165) is 5.56 Å². The van der Waals surface area contributed by atoms with Gasteiger partial charge in [0.25, 0.3) is 5.56 Å². The molecule has 3 aromatic rings. The number of fused-ring (bicyclic) bond motifs is 1. The maximum Gasteiger partial charge on any atom is 0.274 e. The van der Waals surface area contributed by atoms with Crippen molar-refractivity contribution < 1.29 is 9.84 Å². The van der Waals surface area contributed by atoms with E-state index in [1.165, 1.54) is 7.11 Å². The van der Waals surface area contributed by atoms with Crippen LogP contribution in [0.2, 0.25) is 0 Å². The maximum atomic E-state index is 12.1. The lowest BCUT2D eigenvalue weighted by atomic mass is 10.1. The summed E-state index contributed by atoms with van der Waals surface area (Å²) in [6.45, 7) is 0. The highest BCUT2D eigenvalue weighted by Gasteiger charge is 2.10. The first-order valence-electron chi connectivity index (χ1n) is 6.49. The number of H-pyrrole nitrogens is 1. The summed E-state index contributed by atoms with van der Waals surface area (Å²) in [7, 11) is 1.42. The van der Waals surface area contributed by atoms with Gasteiger partial charge in [-0.15, -0.1) is 0 Å². The fourth-order valence-corrected chi connectivity index (χ4v) is 2.18. The van der Waals surface area contributed by atoms with Gasteiger partial charge in [0.1, 0.15) is 5.69 Å². The van der Waals surface area contributed by atoms with Gasteiger partial charge in [-0.1, -0.05) is 36.4 Å². The van der Waals surface area contributed by atoms with Gasteiger partial charge in [-0.2, -0.15) is 0 Å². The number of ether oxygens (including phenoxy) is 1. The first kappa shape index (κ1) is 13.5. The Kier molecular flexibility index (Phi) is 3.51. The number of aromatic nitrogens is 2. The minimum absolute atomic E-state index is 0.242. The molecule has 2 N–H and O–H groups in total. The van der Waals surface area contributed by atoms with E-state index in [-0.39, 0.29) is 5.56 Å². The van der Waals surface area contributed by atoms with Crippen molar-refractivity contribution in [3.8, 4) is 11.3 Å². The number of nitrogens with zero attached hydrogens (tertiary/aromatic N) is 1. The Morgan fingerprint density at radius 1 is 1.19 bits per heavy atom.